The molecule has 8 nitrogen and oxygen atoms in total. The number of amides is 2. The van der Waals surface area contributed by atoms with Gasteiger partial charge in [0.2, 0.25) is 5.91 Å². The normalized spacial score (nSPS) is 23.9. The van der Waals surface area contributed by atoms with E-state index in [1.807, 2.05) is 36.4 Å². The van der Waals surface area contributed by atoms with E-state index in [1.54, 1.807) is 4.90 Å². The molecule has 35 heavy (non-hydrogen) atoms. The second kappa shape index (κ2) is 9.00. The van der Waals surface area contributed by atoms with Crippen molar-refractivity contribution in [3.8, 4) is 11.1 Å². The van der Waals surface area contributed by atoms with Crippen molar-refractivity contribution in [2.24, 2.45) is 11.3 Å². The fraction of sp³-hybridized carbons (Fsp3) is 0.444. The quantitative estimate of drug-likeness (QED) is 0.664. The molecule has 3 aliphatic rings. The van der Waals surface area contributed by atoms with Crippen molar-refractivity contribution >= 4 is 18.0 Å². The van der Waals surface area contributed by atoms with Crippen LogP contribution in [0.25, 0.3) is 11.1 Å². The summed E-state index contributed by atoms with van der Waals surface area (Å²) < 4.78 is 5.55. The number of hydrogen-bond acceptors (Lipinski definition) is 5. The third kappa shape index (κ3) is 4.38. The second-order valence-corrected chi connectivity index (χ2v) is 10.4. The van der Waals surface area contributed by atoms with Gasteiger partial charge >= 0.3 is 12.1 Å². The maximum absolute atomic E-state index is 13.2. The molecule has 0 aromatic heterocycles. The Morgan fingerprint density at radius 3 is 2.29 bits per heavy atom. The van der Waals surface area contributed by atoms with E-state index in [0.29, 0.717) is 19.0 Å². The molecule has 2 aromatic carbocycles. The molecule has 1 unspecified atom stereocenters. The molecule has 2 heterocycles. The molecule has 5 rings (SSSR count). The lowest BCUT2D eigenvalue weighted by molar-refractivity contribution is -0.142. The molecule has 2 saturated heterocycles. The number of alkyl carbamates (subject to hydrolysis) is 1. The van der Waals surface area contributed by atoms with Gasteiger partial charge in [0.05, 0.1) is 6.42 Å². The van der Waals surface area contributed by atoms with Crippen molar-refractivity contribution in [3.63, 3.8) is 0 Å². The minimum Gasteiger partial charge on any atom is -0.481 e. The number of nitrogens with zero attached hydrogens (tertiary/aromatic N) is 2. The van der Waals surface area contributed by atoms with Gasteiger partial charge in [0.1, 0.15) is 12.6 Å². The summed E-state index contributed by atoms with van der Waals surface area (Å²) in [6, 6.07) is 14.9. The van der Waals surface area contributed by atoms with Crippen LogP contribution in [0.5, 0.6) is 0 Å². The van der Waals surface area contributed by atoms with Crippen molar-refractivity contribution in [1.29, 1.82) is 0 Å². The molecule has 2 fully saturated rings. The Labute approximate surface area is 204 Å². The third-order valence-electron chi connectivity index (χ3n) is 7.77. The molecule has 2 amide bonds. The lowest BCUT2D eigenvalue weighted by Gasteiger charge is -2.27. The molecule has 2 aliphatic heterocycles. The van der Waals surface area contributed by atoms with Gasteiger partial charge in [-0.1, -0.05) is 55.5 Å². The number of carboxylic acids is 1. The highest BCUT2D eigenvalue weighted by atomic mass is 16.5. The number of aliphatic carboxylic acids is 1. The Hall–Kier alpha value is -3.39. The molecule has 2 N–H and O–H groups in total. The topological polar surface area (TPSA) is 99.2 Å². The van der Waals surface area contributed by atoms with Crippen LogP contribution in [0.2, 0.25) is 0 Å². The van der Waals surface area contributed by atoms with Crippen LogP contribution in [0.3, 0.4) is 0 Å². The van der Waals surface area contributed by atoms with Crippen molar-refractivity contribution in [2.45, 2.75) is 25.3 Å². The number of carbonyl (C=O) groups excluding carboxylic acids is 2. The van der Waals surface area contributed by atoms with Crippen LogP contribution in [0, 0.1) is 11.3 Å². The van der Waals surface area contributed by atoms with Gasteiger partial charge in [0.25, 0.3) is 0 Å². The Morgan fingerprint density at radius 2 is 1.69 bits per heavy atom. The zero-order valence-corrected chi connectivity index (χ0v) is 20.1. The number of ether oxygens (including phenoxy) is 1. The predicted molar refractivity (Wildman–Crippen MR) is 130 cm³/mol. The van der Waals surface area contributed by atoms with Crippen LogP contribution < -0.4 is 5.32 Å². The van der Waals surface area contributed by atoms with Gasteiger partial charge < -0.3 is 25.0 Å². The summed E-state index contributed by atoms with van der Waals surface area (Å²) in [5.74, 6) is -1.28. The first-order valence-electron chi connectivity index (χ1n) is 12.1. The van der Waals surface area contributed by atoms with Crippen LogP contribution in [0.1, 0.15) is 30.4 Å². The Bertz CT molecular complexity index is 1120. The predicted octanol–water partition coefficient (Wildman–Crippen LogP) is 2.78. The first-order chi connectivity index (χ1) is 16.7. The smallest absolute Gasteiger partial charge is 0.407 e. The van der Waals surface area contributed by atoms with Crippen LogP contribution in [-0.4, -0.2) is 78.8 Å². The minimum atomic E-state index is -1.16. The van der Waals surface area contributed by atoms with E-state index in [1.165, 1.54) is 0 Å². The summed E-state index contributed by atoms with van der Waals surface area (Å²) in [5, 5.41) is 11.9. The van der Waals surface area contributed by atoms with E-state index in [0.717, 1.165) is 35.3 Å². The van der Waals surface area contributed by atoms with Crippen molar-refractivity contribution < 1.29 is 24.2 Å². The van der Waals surface area contributed by atoms with Gasteiger partial charge in [0.15, 0.2) is 0 Å². The molecule has 1 aliphatic carbocycles. The largest absolute Gasteiger partial charge is 0.481 e. The number of fused-ring (bicyclic) bond motifs is 4. The maximum atomic E-state index is 13.2. The van der Waals surface area contributed by atoms with Crippen LogP contribution >= 0.6 is 0 Å². The highest BCUT2D eigenvalue weighted by Gasteiger charge is 2.50. The minimum absolute atomic E-state index is 0.0120. The third-order valence-corrected chi connectivity index (χ3v) is 7.77. The highest BCUT2D eigenvalue weighted by Crippen LogP contribution is 2.44. The van der Waals surface area contributed by atoms with E-state index in [4.69, 9.17) is 4.74 Å². The Morgan fingerprint density at radius 1 is 1.06 bits per heavy atom. The van der Waals surface area contributed by atoms with E-state index in [-0.39, 0.29) is 23.8 Å². The van der Waals surface area contributed by atoms with Crippen molar-refractivity contribution in [3.05, 3.63) is 59.7 Å². The number of nitrogens with one attached hydrogen (secondary N) is 1. The van der Waals surface area contributed by atoms with Gasteiger partial charge in [-0.25, -0.2) is 4.79 Å². The fourth-order valence-electron chi connectivity index (χ4n) is 6.18. The van der Waals surface area contributed by atoms with Gasteiger partial charge in [-0.05, 0) is 35.2 Å². The van der Waals surface area contributed by atoms with Gasteiger partial charge in [-0.3, -0.25) is 9.59 Å². The van der Waals surface area contributed by atoms with Crippen molar-refractivity contribution in [1.82, 2.24) is 15.1 Å². The highest BCUT2D eigenvalue weighted by molar-refractivity contribution is 5.89. The van der Waals surface area contributed by atoms with Crippen LogP contribution in [0.4, 0.5) is 4.79 Å². The number of benzene rings is 2. The zero-order valence-electron chi connectivity index (χ0n) is 20.1. The SMILES string of the molecule is CN1C[C@@H]2CN(C(=O)C(CC(=O)O)NC(=O)OCC3c4ccccc4-c4ccccc43)C[C@]2(C)C1. The molecule has 0 radical (unpaired) electrons. The summed E-state index contributed by atoms with van der Waals surface area (Å²) >= 11 is 0. The average Bonchev–Trinajstić information content (AvgIpc) is 3.40. The monoisotopic (exact) mass is 477 g/mol. The first-order valence-corrected chi connectivity index (χ1v) is 12.1. The summed E-state index contributed by atoms with van der Waals surface area (Å²) in [6.45, 7) is 5.20. The summed E-state index contributed by atoms with van der Waals surface area (Å²) in [6.07, 6.45) is -1.27. The average molecular weight is 478 g/mol. The second-order valence-electron chi connectivity index (χ2n) is 10.4. The Kier molecular flexibility index (Phi) is 6.01. The Balaban J connectivity index is 1.25. The number of carbonyl (C=O) groups is 3. The van der Waals surface area contributed by atoms with Gasteiger partial charge in [-0.15, -0.1) is 0 Å². The van der Waals surface area contributed by atoms with Gasteiger partial charge in [0, 0.05) is 37.5 Å². The number of likely N-dealkylation sites (tertiary alicyclic amines) is 2. The molecule has 184 valence electrons. The zero-order chi connectivity index (χ0) is 24.7. The van der Waals surface area contributed by atoms with Crippen LogP contribution in [0.15, 0.2) is 48.5 Å². The summed E-state index contributed by atoms with van der Waals surface area (Å²) in [7, 11) is 2.07. The first kappa shape index (κ1) is 23.4. The fourth-order valence-corrected chi connectivity index (χ4v) is 6.18. The van der Waals surface area contributed by atoms with E-state index in [9.17, 15) is 19.5 Å². The molecular formula is C27H31N3O5. The lowest BCUT2D eigenvalue weighted by Crippen LogP contribution is -2.50. The molecular weight excluding hydrogens is 446 g/mol. The molecule has 0 saturated carbocycles. The van der Waals surface area contributed by atoms with E-state index < -0.39 is 24.5 Å². The molecule has 3 atom stereocenters. The summed E-state index contributed by atoms with van der Waals surface area (Å²) in [5.41, 5.74) is 4.40. The number of carboxylic acid groups (broad SMARTS) is 1. The number of rotatable bonds is 6. The summed E-state index contributed by atoms with van der Waals surface area (Å²) in [4.78, 5) is 41.4. The van der Waals surface area contributed by atoms with Crippen LogP contribution in [-0.2, 0) is 14.3 Å². The number of hydrogen-bond donors (Lipinski definition) is 2. The van der Waals surface area contributed by atoms with Gasteiger partial charge in [-0.2, -0.15) is 0 Å². The maximum Gasteiger partial charge on any atom is 0.407 e. The lowest BCUT2D eigenvalue weighted by atomic mass is 9.83. The van der Waals surface area contributed by atoms with E-state index in [2.05, 4.69) is 36.3 Å². The molecule has 0 bridgehead atoms. The standard InChI is InChI=1S/C27H31N3O5/c1-27-15-29(2)12-17(27)13-30(16-27)25(33)23(11-24(31)32)28-26(34)35-14-22-20-9-5-3-7-18(20)19-8-4-6-10-21(19)22/h3-10,17,22-23H,11-16H2,1-2H3,(H,28,34)(H,31,32)/t17-,23?,27+/m1/s1. The van der Waals surface area contributed by atoms with Crippen molar-refractivity contribution in [2.75, 3.05) is 39.8 Å². The molecule has 8 heteroatoms. The molecule has 2 aromatic rings. The van der Waals surface area contributed by atoms with E-state index >= 15 is 0 Å². The molecule has 0 spiro atoms.